The quantitative estimate of drug-likeness (QED) is 0.743. The Kier molecular flexibility index (Phi) is 5.27. The molecule has 3 heteroatoms. The molecule has 0 aromatic rings. The Morgan fingerprint density at radius 1 is 1.32 bits per heavy atom. The largest absolute Gasteiger partial charge is 0.393 e. The van der Waals surface area contributed by atoms with E-state index in [1.54, 1.807) is 0 Å². The molecule has 3 atom stereocenters. The van der Waals surface area contributed by atoms with Gasteiger partial charge in [0.05, 0.1) is 6.10 Å². The van der Waals surface area contributed by atoms with Gasteiger partial charge >= 0.3 is 0 Å². The first kappa shape index (κ1) is 15.3. The molecule has 0 aromatic carbocycles. The predicted molar refractivity (Wildman–Crippen MR) is 80.3 cm³/mol. The molecule has 1 saturated carbocycles. The fraction of sp³-hybridized carbons (Fsp3) is 1.00. The van der Waals surface area contributed by atoms with Crippen molar-refractivity contribution in [3.05, 3.63) is 0 Å². The molecular weight excluding hydrogens is 236 g/mol. The lowest BCUT2D eigenvalue weighted by Crippen LogP contribution is -2.48. The average molecular weight is 268 g/mol. The van der Waals surface area contributed by atoms with Crippen LogP contribution in [-0.4, -0.2) is 48.3 Å². The monoisotopic (exact) mass is 268 g/mol. The summed E-state index contributed by atoms with van der Waals surface area (Å²) in [6.07, 6.45) is 6.15. The third kappa shape index (κ3) is 4.73. The van der Waals surface area contributed by atoms with Gasteiger partial charge in [0.1, 0.15) is 0 Å². The average Bonchev–Trinajstić information content (AvgIpc) is 3.16. The molecule has 3 nitrogen and oxygen atoms in total. The summed E-state index contributed by atoms with van der Waals surface area (Å²) in [6, 6.07) is 0.804. The van der Waals surface area contributed by atoms with Gasteiger partial charge in [0.2, 0.25) is 0 Å². The molecule has 0 aromatic heterocycles. The van der Waals surface area contributed by atoms with Crippen molar-refractivity contribution < 1.29 is 5.11 Å². The van der Waals surface area contributed by atoms with E-state index >= 15 is 0 Å². The zero-order chi connectivity index (χ0) is 13.9. The minimum atomic E-state index is -0.0849. The number of nitrogens with zero attached hydrogens (tertiary/aromatic N) is 1. The third-order valence-electron chi connectivity index (χ3n) is 4.80. The van der Waals surface area contributed by atoms with Crippen LogP contribution in [0.3, 0.4) is 0 Å². The van der Waals surface area contributed by atoms with Gasteiger partial charge in [-0.05, 0) is 37.0 Å². The molecule has 3 unspecified atom stereocenters. The van der Waals surface area contributed by atoms with Crippen molar-refractivity contribution in [3.8, 4) is 0 Å². The van der Waals surface area contributed by atoms with Gasteiger partial charge in [-0.15, -0.1) is 0 Å². The molecule has 0 bridgehead atoms. The van der Waals surface area contributed by atoms with E-state index in [1.807, 2.05) is 0 Å². The smallest absolute Gasteiger partial charge is 0.0590 e. The van der Waals surface area contributed by atoms with E-state index in [1.165, 1.54) is 32.2 Å². The van der Waals surface area contributed by atoms with Gasteiger partial charge in [-0.1, -0.05) is 27.2 Å². The Bertz CT molecular complexity index is 280. The molecule has 1 aliphatic carbocycles. The lowest BCUT2D eigenvalue weighted by atomic mass is 9.83. The minimum Gasteiger partial charge on any atom is -0.393 e. The van der Waals surface area contributed by atoms with Gasteiger partial charge in [0.25, 0.3) is 0 Å². The van der Waals surface area contributed by atoms with E-state index in [0.29, 0.717) is 11.3 Å². The van der Waals surface area contributed by atoms with Crippen molar-refractivity contribution in [2.45, 2.75) is 65.0 Å². The number of aliphatic hydroxyl groups excluding tert-OH is 1. The van der Waals surface area contributed by atoms with Crippen LogP contribution in [0, 0.1) is 11.3 Å². The van der Waals surface area contributed by atoms with Crippen molar-refractivity contribution >= 4 is 0 Å². The normalized spacial score (nSPS) is 32.2. The summed E-state index contributed by atoms with van der Waals surface area (Å²) in [6.45, 7) is 11.4. The van der Waals surface area contributed by atoms with Crippen LogP contribution in [0.15, 0.2) is 0 Å². The molecule has 0 amide bonds. The molecule has 112 valence electrons. The molecule has 2 aliphatic rings. The van der Waals surface area contributed by atoms with Gasteiger partial charge in [0.15, 0.2) is 0 Å². The molecule has 0 spiro atoms. The molecule has 19 heavy (non-hydrogen) atoms. The minimum absolute atomic E-state index is 0.0849. The van der Waals surface area contributed by atoms with Gasteiger partial charge in [-0.2, -0.15) is 0 Å². The van der Waals surface area contributed by atoms with Gasteiger partial charge in [0, 0.05) is 32.2 Å². The van der Waals surface area contributed by atoms with Crippen molar-refractivity contribution in [2.75, 3.05) is 26.2 Å². The first-order valence-electron chi connectivity index (χ1n) is 8.16. The van der Waals surface area contributed by atoms with Crippen LogP contribution >= 0.6 is 0 Å². The molecule has 0 radical (unpaired) electrons. The molecule has 2 fully saturated rings. The van der Waals surface area contributed by atoms with Crippen LogP contribution in [0.4, 0.5) is 0 Å². The van der Waals surface area contributed by atoms with Crippen molar-refractivity contribution in [1.82, 2.24) is 10.2 Å². The zero-order valence-electron chi connectivity index (χ0n) is 13.0. The van der Waals surface area contributed by atoms with E-state index in [2.05, 4.69) is 31.0 Å². The van der Waals surface area contributed by atoms with Gasteiger partial charge < -0.3 is 15.3 Å². The van der Waals surface area contributed by atoms with Crippen LogP contribution in [0.2, 0.25) is 0 Å². The number of rotatable bonds is 7. The van der Waals surface area contributed by atoms with Crippen LogP contribution in [0.1, 0.15) is 52.9 Å². The molecule has 1 heterocycles. The number of hydrogen-bond acceptors (Lipinski definition) is 3. The Morgan fingerprint density at radius 2 is 2.05 bits per heavy atom. The Hall–Kier alpha value is -0.120. The predicted octanol–water partition coefficient (Wildman–Crippen LogP) is 2.25. The Balaban J connectivity index is 1.83. The van der Waals surface area contributed by atoms with Crippen LogP contribution < -0.4 is 5.32 Å². The lowest BCUT2D eigenvalue weighted by molar-refractivity contribution is 0.0171. The Labute approximate surface area is 118 Å². The van der Waals surface area contributed by atoms with Crippen molar-refractivity contribution in [2.24, 2.45) is 11.3 Å². The maximum atomic E-state index is 9.84. The molecule has 2 N–H and O–H groups in total. The van der Waals surface area contributed by atoms with Crippen LogP contribution in [-0.2, 0) is 0 Å². The summed E-state index contributed by atoms with van der Waals surface area (Å²) in [4.78, 5) is 2.57. The summed E-state index contributed by atoms with van der Waals surface area (Å²) in [5.74, 6) is 0.427. The fourth-order valence-electron chi connectivity index (χ4n) is 3.41. The summed E-state index contributed by atoms with van der Waals surface area (Å²) in [7, 11) is 0. The second-order valence-electron chi connectivity index (χ2n) is 7.28. The van der Waals surface area contributed by atoms with Gasteiger partial charge in [-0.25, -0.2) is 0 Å². The highest BCUT2D eigenvalue weighted by Crippen LogP contribution is 2.28. The second-order valence-corrected chi connectivity index (χ2v) is 7.28. The number of nitrogens with one attached hydrogen (secondary N) is 1. The van der Waals surface area contributed by atoms with Crippen molar-refractivity contribution in [1.29, 1.82) is 0 Å². The first-order chi connectivity index (χ1) is 9.02. The SMILES string of the molecule is CCCC(C)(CNC1CC1)CN1CCC(O)C(C)C1. The van der Waals surface area contributed by atoms with Crippen LogP contribution in [0.25, 0.3) is 0 Å². The van der Waals surface area contributed by atoms with Crippen molar-refractivity contribution in [3.63, 3.8) is 0 Å². The number of piperidine rings is 1. The van der Waals surface area contributed by atoms with E-state index in [-0.39, 0.29) is 6.10 Å². The zero-order valence-corrected chi connectivity index (χ0v) is 13.0. The lowest BCUT2D eigenvalue weighted by Gasteiger charge is -2.40. The van der Waals surface area contributed by atoms with E-state index in [4.69, 9.17) is 0 Å². The molecule has 2 rings (SSSR count). The maximum Gasteiger partial charge on any atom is 0.0590 e. The fourth-order valence-corrected chi connectivity index (χ4v) is 3.41. The highest BCUT2D eigenvalue weighted by Gasteiger charge is 2.32. The van der Waals surface area contributed by atoms with Crippen LogP contribution in [0.5, 0.6) is 0 Å². The summed E-state index contributed by atoms with van der Waals surface area (Å²) in [5, 5.41) is 13.6. The summed E-state index contributed by atoms with van der Waals surface area (Å²) in [5.41, 5.74) is 0.388. The number of likely N-dealkylation sites (tertiary alicyclic amines) is 1. The van der Waals surface area contributed by atoms with E-state index < -0.39 is 0 Å². The highest BCUT2D eigenvalue weighted by molar-refractivity contribution is 4.88. The maximum absolute atomic E-state index is 9.84. The molecule has 1 aliphatic heterocycles. The second kappa shape index (κ2) is 6.55. The molecular formula is C16H32N2O. The Morgan fingerprint density at radius 3 is 2.63 bits per heavy atom. The standard InChI is InChI=1S/C16H32N2O/c1-4-8-16(3,11-17-14-5-6-14)12-18-9-7-15(19)13(2)10-18/h13-15,17,19H,4-12H2,1-3H3. The number of hydrogen-bond donors (Lipinski definition) is 2. The summed E-state index contributed by atoms with van der Waals surface area (Å²) >= 11 is 0. The highest BCUT2D eigenvalue weighted by atomic mass is 16.3. The van der Waals surface area contributed by atoms with Gasteiger partial charge in [-0.3, -0.25) is 0 Å². The summed E-state index contributed by atoms with van der Waals surface area (Å²) < 4.78 is 0. The third-order valence-corrected chi connectivity index (χ3v) is 4.80. The number of aliphatic hydroxyl groups is 1. The molecule has 1 saturated heterocycles. The van der Waals surface area contributed by atoms with E-state index in [0.717, 1.165) is 32.1 Å². The topological polar surface area (TPSA) is 35.5 Å². The first-order valence-corrected chi connectivity index (χ1v) is 8.16. The van der Waals surface area contributed by atoms with E-state index in [9.17, 15) is 5.11 Å².